The number of hydrogen-bond acceptors (Lipinski definition) is 7. The Morgan fingerprint density at radius 2 is 1.56 bits per heavy atom. The van der Waals surface area contributed by atoms with Crippen molar-refractivity contribution in [1.29, 1.82) is 0 Å². The van der Waals surface area contributed by atoms with Crippen molar-refractivity contribution in [1.82, 2.24) is 9.55 Å². The molecular formula is C21H38N2O7Si2. The zero-order chi connectivity index (χ0) is 24.0. The standard InChI is InChI=1S/C21H38N2O7Si2/c1-12(2)31(13(3)4)27-11-16-19(29-32(30-31,14(5)6)15(7)8)18(25)20(28-16)23-10-9-17(24)22-21(23)26/h9-10,12-16,18-20,25H,11H2,1-8H3,(H,22,24,26)/t16?,18-,19?,20?/m0/s1. The van der Waals surface area contributed by atoms with Crippen molar-refractivity contribution in [2.45, 2.75) is 102 Å². The van der Waals surface area contributed by atoms with E-state index >= 15 is 0 Å². The number of nitrogens with zero attached hydrogens (tertiary/aromatic N) is 1. The van der Waals surface area contributed by atoms with Crippen molar-refractivity contribution in [2.75, 3.05) is 6.61 Å². The van der Waals surface area contributed by atoms with Crippen LogP contribution in [-0.2, 0) is 17.7 Å². The fourth-order valence-electron chi connectivity index (χ4n) is 4.99. The van der Waals surface area contributed by atoms with Crippen LogP contribution in [-0.4, -0.2) is 56.7 Å². The highest BCUT2D eigenvalue weighted by Crippen LogP contribution is 2.48. The first-order valence-electron chi connectivity index (χ1n) is 11.5. The number of aromatic nitrogens is 2. The monoisotopic (exact) mass is 486 g/mol. The predicted molar refractivity (Wildman–Crippen MR) is 125 cm³/mol. The molecule has 0 amide bonds. The Kier molecular flexibility index (Phi) is 7.40. The van der Waals surface area contributed by atoms with Crippen molar-refractivity contribution in [3.05, 3.63) is 33.1 Å². The van der Waals surface area contributed by atoms with Crippen molar-refractivity contribution in [2.24, 2.45) is 0 Å². The summed E-state index contributed by atoms with van der Waals surface area (Å²) in [5.74, 6) is 0. The van der Waals surface area contributed by atoms with E-state index in [2.05, 4.69) is 60.4 Å². The second kappa shape index (κ2) is 9.28. The average molecular weight is 487 g/mol. The molecule has 2 fully saturated rings. The largest absolute Gasteiger partial charge is 0.414 e. The van der Waals surface area contributed by atoms with Crippen LogP contribution in [0.5, 0.6) is 0 Å². The molecule has 3 heterocycles. The van der Waals surface area contributed by atoms with Gasteiger partial charge in [0, 0.05) is 12.3 Å². The van der Waals surface area contributed by atoms with E-state index in [4.69, 9.17) is 17.7 Å². The smallest absolute Gasteiger partial charge is 0.335 e. The molecular weight excluding hydrogens is 448 g/mol. The van der Waals surface area contributed by atoms with Crippen molar-refractivity contribution in [3.8, 4) is 0 Å². The minimum absolute atomic E-state index is 0.108. The first kappa shape index (κ1) is 25.5. The molecule has 9 nitrogen and oxygen atoms in total. The van der Waals surface area contributed by atoms with Crippen LogP contribution < -0.4 is 11.2 Å². The van der Waals surface area contributed by atoms with Crippen LogP contribution in [0.25, 0.3) is 0 Å². The molecule has 4 atom stereocenters. The number of aliphatic hydroxyl groups excluding tert-OH is 1. The maximum absolute atomic E-state index is 12.4. The van der Waals surface area contributed by atoms with Gasteiger partial charge in [-0.15, -0.1) is 0 Å². The lowest BCUT2D eigenvalue weighted by Gasteiger charge is -2.51. The van der Waals surface area contributed by atoms with Crippen LogP contribution in [0.1, 0.15) is 61.6 Å². The lowest BCUT2D eigenvalue weighted by atomic mass is 10.1. The molecule has 3 rings (SSSR count). The molecule has 0 aromatic carbocycles. The normalized spacial score (nSPS) is 30.0. The molecule has 0 spiro atoms. The third-order valence-electron chi connectivity index (χ3n) is 6.77. The first-order chi connectivity index (χ1) is 14.9. The lowest BCUT2D eigenvalue weighted by Crippen LogP contribution is -2.65. The second-order valence-corrected chi connectivity index (χ2v) is 19.0. The van der Waals surface area contributed by atoms with E-state index in [9.17, 15) is 14.7 Å². The predicted octanol–water partition coefficient (Wildman–Crippen LogP) is 2.75. The van der Waals surface area contributed by atoms with Gasteiger partial charge in [0.25, 0.3) is 5.56 Å². The van der Waals surface area contributed by atoms with Gasteiger partial charge in [0.05, 0.1) is 6.61 Å². The molecule has 32 heavy (non-hydrogen) atoms. The zero-order valence-corrected chi connectivity index (χ0v) is 22.3. The van der Waals surface area contributed by atoms with E-state index in [1.165, 1.54) is 16.8 Å². The third-order valence-corrected chi connectivity index (χ3v) is 17.0. The van der Waals surface area contributed by atoms with Gasteiger partial charge in [-0.1, -0.05) is 55.4 Å². The third kappa shape index (κ3) is 4.24. The number of fused-ring (bicyclic) bond motifs is 1. The van der Waals surface area contributed by atoms with Crippen LogP contribution in [0.15, 0.2) is 21.9 Å². The van der Waals surface area contributed by atoms with Gasteiger partial charge < -0.3 is 22.8 Å². The van der Waals surface area contributed by atoms with Gasteiger partial charge >= 0.3 is 22.8 Å². The molecule has 0 radical (unpaired) electrons. The summed E-state index contributed by atoms with van der Waals surface area (Å²) in [5, 5.41) is 11.2. The summed E-state index contributed by atoms with van der Waals surface area (Å²) in [6.45, 7) is 17.2. The van der Waals surface area contributed by atoms with Gasteiger partial charge in [-0.2, -0.15) is 0 Å². The minimum Gasteiger partial charge on any atom is -0.414 e. The van der Waals surface area contributed by atoms with Gasteiger partial charge in [0.15, 0.2) is 6.23 Å². The summed E-state index contributed by atoms with van der Waals surface area (Å²) in [5.41, 5.74) is -0.551. The molecule has 2 aliphatic rings. The molecule has 2 N–H and O–H groups in total. The summed E-state index contributed by atoms with van der Waals surface area (Å²) in [7, 11) is -5.63. The fourth-order valence-corrected chi connectivity index (χ4v) is 16.2. The molecule has 0 aliphatic carbocycles. The molecule has 2 aliphatic heterocycles. The van der Waals surface area contributed by atoms with E-state index < -0.39 is 52.9 Å². The summed E-state index contributed by atoms with van der Waals surface area (Å²) in [6, 6.07) is 1.23. The van der Waals surface area contributed by atoms with Gasteiger partial charge in [0.2, 0.25) is 0 Å². The maximum Gasteiger partial charge on any atom is 0.335 e. The fraction of sp³-hybridized carbons (Fsp3) is 0.810. The Morgan fingerprint density at radius 1 is 1.00 bits per heavy atom. The number of ether oxygens (including phenoxy) is 1. The Morgan fingerprint density at radius 3 is 2.06 bits per heavy atom. The number of H-pyrrole nitrogens is 1. The minimum atomic E-state index is -2.91. The van der Waals surface area contributed by atoms with Gasteiger partial charge in [0.1, 0.15) is 18.3 Å². The number of nitrogens with one attached hydrogen (secondary N) is 1. The van der Waals surface area contributed by atoms with Gasteiger partial charge in [-0.05, 0) is 22.2 Å². The average Bonchev–Trinajstić information content (AvgIpc) is 2.96. The molecule has 3 unspecified atom stereocenters. The van der Waals surface area contributed by atoms with E-state index in [0.717, 1.165) is 0 Å². The zero-order valence-electron chi connectivity index (χ0n) is 20.3. The Hall–Kier alpha value is -1.09. The van der Waals surface area contributed by atoms with E-state index in [-0.39, 0.29) is 28.8 Å². The van der Waals surface area contributed by atoms with Crippen LogP contribution >= 0.6 is 0 Å². The molecule has 0 bridgehead atoms. The Balaban J connectivity index is 2.08. The molecule has 1 aromatic heterocycles. The molecule has 2 saturated heterocycles. The van der Waals surface area contributed by atoms with Crippen molar-refractivity contribution < 1.29 is 22.8 Å². The van der Waals surface area contributed by atoms with Crippen LogP contribution in [0, 0.1) is 0 Å². The number of aliphatic hydroxyl groups is 1. The molecule has 1 aromatic rings. The molecule has 0 saturated carbocycles. The maximum atomic E-state index is 12.4. The van der Waals surface area contributed by atoms with E-state index in [0.29, 0.717) is 0 Å². The lowest BCUT2D eigenvalue weighted by molar-refractivity contribution is -0.0600. The van der Waals surface area contributed by atoms with E-state index in [1.807, 2.05) is 0 Å². The Bertz CT molecular complexity index is 898. The summed E-state index contributed by atoms with van der Waals surface area (Å²) >= 11 is 0. The number of aromatic amines is 1. The van der Waals surface area contributed by atoms with E-state index in [1.54, 1.807) is 0 Å². The topological polar surface area (TPSA) is 112 Å². The van der Waals surface area contributed by atoms with Crippen LogP contribution in [0.2, 0.25) is 22.2 Å². The highest BCUT2D eigenvalue weighted by Gasteiger charge is 2.61. The van der Waals surface area contributed by atoms with Crippen molar-refractivity contribution >= 4 is 17.1 Å². The summed E-state index contributed by atoms with van der Waals surface area (Å²) < 4.78 is 27.9. The second-order valence-electron chi connectivity index (χ2n) is 10.1. The summed E-state index contributed by atoms with van der Waals surface area (Å²) in [4.78, 5) is 26.1. The first-order valence-corrected chi connectivity index (χ1v) is 15.5. The van der Waals surface area contributed by atoms with Gasteiger partial charge in [-0.3, -0.25) is 14.3 Å². The van der Waals surface area contributed by atoms with Crippen molar-refractivity contribution in [3.63, 3.8) is 0 Å². The van der Waals surface area contributed by atoms with Crippen LogP contribution in [0.3, 0.4) is 0 Å². The van der Waals surface area contributed by atoms with Gasteiger partial charge in [-0.25, -0.2) is 4.79 Å². The highest BCUT2D eigenvalue weighted by atomic mass is 28.5. The molecule has 182 valence electrons. The number of rotatable bonds is 5. The summed E-state index contributed by atoms with van der Waals surface area (Å²) in [6.07, 6.45) is -2.04. The van der Waals surface area contributed by atoms with Crippen LogP contribution in [0.4, 0.5) is 0 Å². The number of hydrogen-bond donors (Lipinski definition) is 2. The highest BCUT2D eigenvalue weighted by molar-refractivity contribution is 6.83. The molecule has 11 heteroatoms. The SMILES string of the molecule is CC(C)[Si]1(C(C)C)OCC2OC(n3ccc(=O)[nH]c3=O)[C@@H](O)C2O[Si](C(C)C)(C(C)C)O1. The Labute approximate surface area is 191 Å². The quantitative estimate of drug-likeness (QED) is 0.616.